The van der Waals surface area contributed by atoms with Crippen LogP contribution in [0.25, 0.3) is 16.6 Å². The summed E-state index contributed by atoms with van der Waals surface area (Å²) in [5.41, 5.74) is 5.35. The Hall–Kier alpha value is -5.48. The molecule has 2 saturated heterocycles. The molecule has 320 valence electrons. The number of carbonyl (C=O) groups is 1. The number of hydrogen-bond donors (Lipinski definition) is 3. The van der Waals surface area contributed by atoms with Crippen LogP contribution >= 0.6 is 11.6 Å². The van der Waals surface area contributed by atoms with Crippen LogP contribution < -0.4 is 19.7 Å². The second-order valence-electron chi connectivity index (χ2n) is 16.4. The number of amides is 1. The van der Waals surface area contributed by atoms with E-state index in [0.717, 1.165) is 80.4 Å². The number of benzene rings is 3. The van der Waals surface area contributed by atoms with Gasteiger partial charge in [-0.25, -0.2) is 18.1 Å². The summed E-state index contributed by atoms with van der Waals surface area (Å²) in [5.74, 6) is 0.422. The van der Waals surface area contributed by atoms with Gasteiger partial charge < -0.3 is 24.7 Å². The van der Waals surface area contributed by atoms with Gasteiger partial charge in [0.25, 0.3) is 21.6 Å². The molecule has 0 spiro atoms. The zero-order chi connectivity index (χ0) is 42.7. The van der Waals surface area contributed by atoms with Gasteiger partial charge in [0.1, 0.15) is 22.8 Å². The van der Waals surface area contributed by atoms with E-state index in [1.165, 1.54) is 35.0 Å². The zero-order valence-electron chi connectivity index (χ0n) is 34.2. The maximum atomic E-state index is 13.9. The largest absolute Gasteiger partial charge is 0.455 e. The van der Waals surface area contributed by atoms with E-state index in [2.05, 4.69) is 55.8 Å². The van der Waals surface area contributed by atoms with Crippen molar-refractivity contribution in [3.63, 3.8) is 0 Å². The number of nitrogens with zero attached hydrogens (tertiary/aromatic N) is 4. The molecule has 0 saturated carbocycles. The summed E-state index contributed by atoms with van der Waals surface area (Å²) >= 11 is 6.23. The van der Waals surface area contributed by atoms with Crippen molar-refractivity contribution in [2.45, 2.75) is 56.9 Å². The number of nitro groups is 1. The van der Waals surface area contributed by atoms with Crippen LogP contribution in [-0.2, 0) is 14.8 Å². The SMILES string of the molecule is C[C@@H]1CCC(CN2CCN(c3ccc(C(=O)NS(=O)(=O)c4ccc(NCC5CCOCC5)c([N+](=O)[O-])c4)c(Oc4cnc5[nH]ccc5c4)c3)C[C@H]2C)=C(c2ccc(Cl)cc2)C1. The molecular formula is C45H50ClN7O7S. The molecule has 4 heterocycles. The predicted molar refractivity (Wildman–Crippen MR) is 237 cm³/mol. The number of allylic oxidation sites excluding steroid dienone is 1. The molecule has 61 heavy (non-hydrogen) atoms. The average molecular weight is 868 g/mol. The minimum atomic E-state index is -4.56. The van der Waals surface area contributed by atoms with Crippen molar-refractivity contribution in [1.82, 2.24) is 19.6 Å². The highest BCUT2D eigenvalue weighted by Gasteiger charge is 2.30. The quantitative estimate of drug-likeness (QED) is 0.0764. The Balaban J connectivity index is 1.02. The average Bonchev–Trinajstić information content (AvgIpc) is 3.73. The topological polar surface area (TPSA) is 172 Å². The van der Waals surface area contributed by atoms with Crippen LogP contribution in [0, 0.1) is 22.0 Å². The Morgan fingerprint density at radius 3 is 2.61 bits per heavy atom. The van der Waals surface area contributed by atoms with Crippen molar-refractivity contribution in [2.75, 3.05) is 56.2 Å². The summed E-state index contributed by atoms with van der Waals surface area (Å²) in [6.45, 7) is 9.41. The molecule has 1 amide bonds. The van der Waals surface area contributed by atoms with Gasteiger partial charge in [-0.05, 0) is 111 Å². The summed E-state index contributed by atoms with van der Waals surface area (Å²) < 4.78 is 41.2. The standard InChI is InChI=1S/C45H50ClN7O7S/c1-29-3-4-34(40(21-29)32-5-7-35(46)8-6-32)28-51-17-18-52(27-30(51)2)36-9-11-39(43(23-36)60-37-22-33-13-16-47-44(33)49-26-37)45(54)50-61(57,58)38-10-12-41(42(24-38)53(55)56)48-25-31-14-19-59-20-15-31/h5-13,16,22-24,26,29-31,48H,3-4,14-15,17-21,25,27-28H2,1-2H3,(H,47,49)(H,50,54)/t29-,30-/m1/s1. The molecule has 0 radical (unpaired) electrons. The lowest BCUT2D eigenvalue weighted by Crippen LogP contribution is -2.52. The number of pyridine rings is 1. The molecule has 0 unspecified atom stereocenters. The zero-order valence-corrected chi connectivity index (χ0v) is 35.8. The van der Waals surface area contributed by atoms with Crippen LogP contribution in [0.4, 0.5) is 17.1 Å². The predicted octanol–water partition coefficient (Wildman–Crippen LogP) is 8.66. The van der Waals surface area contributed by atoms with E-state index in [1.807, 2.05) is 18.2 Å². The van der Waals surface area contributed by atoms with Gasteiger partial charge in [0, 0.05) is 86.4 Å². The van der Waals surface area contributed by atoms with Crippen LogP contribution in [0.2, 0.25) is 5.02 Å². The molecule has 1 aliphatic carbocycles. The molecule has 0 bridgehead atoms. The first-order valence-corrected chi connectivity index (χ1v) is 22.6. The number of anilines is 2. The van der Waals surface area contributed by atoms with Crippen LogP contribution in [-0.4, -0.2) is 86.1 Å². The molecule has 2 aromatic heterocycles. The summed E-state index contributed by atoms with van der Waals surface area (Å²) in [4.78, 5) is 37.2. The van der Waals surface area contributed by atoms with E-state index in [4.69, 9.17) is 21.1 Å². The van der Waals surface area contributed by atoms with Crippen LogP contribution in [0.3, 0.4) is 0 Å². The highest BCUT2D eigenvalue weighted by molar-refractivity contribution is 7.90. The molecule has 14 nitrogen and oxygen atoms in total. The number of aromatic nitrogens is 2. The Labute approximate surface area is 360 Å². The second-order valence-corrected chi connectivity index (χ2v) is 18.5. The Bertz CT molecular complexity index is 2560. The molecule has 2 fully saturated rings. The Kier molecular flexibility index (Phi) is 12.6. The molecule has 3 aliphatic rings. The molecule has 3 aromatic carbocycles. The number of sulfonamides is 1. The number of ether oxygens (including phenoxy) is 2. The Morgan fingerprint density at radius 1 is 1.03 bits per heavy atom. The van der Waals surface area contributed by atoms with Gasteiger partial charge in [-0.15, -0.1) is 0 Å². The highest BCUT2D eigenvalue weighted by atomic mass is 35.5. The maximum absolute atomic E-state index is 13.9. The normalized spacial score (nSPS) is 19.2. The number of carbonyl (C=O) groups excluding carboxylic acids is 1. The summed E-state index contributed by atoms with van der Waals surface area (Å²) in [6.07, 6.45) is 8.21. The van der Waals surface area contributed by atoms with E-state index in [1.54, 1.807) is 30.5 Å². The number of hydrogen-bond acceptors (Lipinski definition) is 11. The van der Waals surface area contributed by atoms with Crippen molar-refractivity contribution in [2.24, 2.45) is 11.8 Å². The number of aromatic amines is 1. The molecule has 8 rings (SSSR count). The van der Waals surface area contributed by atoms with Gasteiger partial charge >= 0.3 is 0 Å². The molecule has 2 atom stereocenters. The molecule has 5 aromatic rings. The monoisotopic (exact) mass is 867 g/mol. The fourth-order valence-electron chi connectivity index (χ4n) is 8.53. The lowest BCUT2D eigenvalue weighted by molar-refractivity contribution is -0.384. The number of H-pyrrole nitrogens is 1. The number of piperazine rings is 1. The lowest BCUT2D eigenvalue weighted by Gasteiger charge is -2.42. The minimum absolute atomic E-state index is 0.0365. The summed E-state index contributed by atoms with van der Waals surface area (Å²) in [6, 6.07) is 20.7. The summed E-state index contributed by atoms with van der Waals surface area (Å²) in [5, 5.41) is 16.7. The first kappa shape index (κ1) is 42.2. The van der Waals surface area contributed by atoms with Gasteiger partial charge in [0.05, 0.1) is 21.6 Å². The van der Waals surface area contributed by atoms with Crippen LogP contribution in [0.5, 0.6) is 11.5 Å². The fraction of sp³-hybridized carbons (Fsp3) is 0.378. The molecule has 3 N–H and O–H groups in total. The van der Waals surface area contributed by atoms with E-state index < -0.39 is 31.4 Å². The number of fused-ring (bicyclic) bond motifs is 1. The van der Waals surface area contributed by atoms with E-state index in [-0.39, 0.29) is 29.0 Å². The van der Waals surface area contributed by atoms with E-state index in [0.29, 0.717) is 37.1 Å². The third kappa shape index (κ3) is 9.86. The van der Waals surface area contributed by atoms with Crippen molar-refractivity contribution in [1.29, 1.82) is 0 Å². The van der Waals surface area contributed by atoms with Gasteiger partial charge in [0.15, 0.2) is 0 Å². The number of rotatable bonds is 13. The van der Waals surface area contributed by atoms with Gasteiger partial charge in [-0.3, -0.25) is 19.8 Å². The first-order valence-electron chi connectivity index (χ1n) is 20.8. The third-order valence-electron chi connectivity index (χ3n) is 12.1. The van der Waals surface area contributed by atoms with E-state index >= 15 is 0 Å². The van der Waals surface area contributed by atoms with Crippen LogP contribution in [0.15, 0.2) is 95.7 Å². The van der Waals surface area contributed by atoms with Gasteiger partial charge in [-0.2, -0.15) is 0 Å². The second kappa shape index (κ2) is 18.2. The smallest absolute Gasteiger partial charge is 0.293 e. The van der Waals surface area contributed by atoms with Crippen molar-refractivity contribution < 1.29 is 27.6 Å². The number of nitro benzene ring substituents is 1. The Morgan fingerprint density at radius 2 is 1.84 bits per heavy atom. The van der Waals surface area contributed by atoms with Gasteiger partial charge in [-0.1, -0.05) is 36.2 Å². The molecule has 16 heteroatoms. The molecule has 2 aliphatic heterocycles. The first-order chi connectivity index (χ1) is 29.4. The number of halogens is 1. The van der Waals surface area contributed by atoms with E-state index in [9.17, 15) is 23.3 Å². The molecular weight excluding hydrogens is 818 g/mol. The van der Waals surface area contributed by atoms with Crippen molar-refractivity contribution in [3.8, 4) is 11.5 Å². The summed E-state index contributed by atoms with van der Waals surface area (Å²) in [7, 11) is -4.56. The van der Waals surface area contributed by atoms with Gasteiger partial charge in [0.2, 0.25) is 0 Å². The van der Waals surface area contributed by atoms with Crippen LogP contribution in [0.1, 0.15) is 61.9 Å². The number of nitrogens with one attached hydrogen (secondary N) is 3. The lowest BCUT2D eigenvalue weighted by atomic mass is 9.81. The highest BCUT2D eigenvalue weighted by Crippen LogP contribution is 2.38. The minimum Gasteiger partial charge on any atom is -0.455 e. The third-order valence-corrected chi connectivity index (χ3v) is 13.7. The fourth-order valence-corrected chi connectivity index (χ4v) is 9.64. The van der Waals surface area contributed by atoms with Crippen molar-refractivity contribution in [3.05, 3.63) is 117 Å². The van der Waals surface area contributed by atoms with Crippen molar-refractivity contribution >= 4 is 61.2 Å². The maximum Gasteiger partial charge on any atom is 0.293 e.